The average molecular weight is 1290 g/mol. The molecule has 19 nitrogen and oxygen atoms in total. The molecule has 3 heterocycles. The van der Waals surface area contributed by atoms with Crippen LogP contribution >= 0.6 is 0 Å². The summed E-state index contributed by atoms with van der Waals surface area (Å²) < 4.78 is 34.3. The number of nitrogens with one attached hydrogen (secondary N) is 1. The van der Waals surface area contributed by atoms with Crippen molar-refractivity contribution in [2.24, 2.45) is 0 Å². The van der Waals surface area contributed by atoms with Gasteiger partial charge in [-0.25, -0.2) is 0 Å². The van der Waals surface area contributed by atoms with Crippen LogP contribution in [-0.4, -0.2) is 193 Å². The number of aliphatic hydroxyl groups excluding tert-OH is 11. The number of carbonyl (C=O) groups is 1. The highest BCUT2D eigenvalue weighted by Gasteiger charge is 2.53. The van der Waals surface area contributed by atoms with E-state index in [2.05, 4.69) is 31.3 Å². The number of hydrogen-bond donors (Lipinski definition) is 12. The molecule has 3 saturated heterocycles. The van der Waals surface area contributed by atoms with E-state index in [0.717, 1.165) is 38.5 Å². The number of amides is 1. The van der Waals surface area contributed by atoms with Gasteiger partial charge in [0.05, 0.1) is 38.6 Å². The van der Waals surface area contributed by atoms with Crippen molar-refractivity contribution in [1.82, 2.24) is 5.32 Å². The summed E-state index contributed by atoms with van der Waals surface area (Å²) >= 11 is 0. The Balaban J connectivity index is 1.33. The molecule has 1 amide bonds. The van der Waals surface area contributed by atoms with Crippen LogP contribution in [-0.2, 0) is 33.2 Å². The molecule has 3 fully saturated rings. The van der Waals surface area contributed by atoms with Crippen LogP contribution in [0.15, 0.2) is 24.3 Å². The highest BCUT2D eigenvalue weighted by Crippen LogP contribution is 2.33. The predicted octanol–water partition coefficient (Wildman–Crippen LogP) is 10.2. The molecule has 0 bridgehead atoms. The van der Waals surface area contributed by atoms with Gasteiger partial charge in [0.15, 0.2) is 18.9 Å². The zero-order valence-corrected chi connectivity index (χ0v) is 56.1. The number of hydrogen-bond acceptors (Lipinski definition) is 18. The largest absolute Gasteiger partial charge is 0.394 e. The van der Waals surface area contributed by atoms with Crippen LogP contribution in [0.25, 0.3) is 0 Å². The van der Waals surface area contributed by atoms with E-state index in [9.17, 15) is 61.0 Å². The lowest BCUT2D eigenvalue weighted by atomic mass is 9.96. The highest BCUT2D eigenvalue weighted by atomic mass is 16.8. The van der Waals surface area contributed by atoms with Crippen LogP contribution in [0.4, 0.5) is 0 Å². The maximum atomic E-state index is 13.4. The predicted molar refractivity (Wildman–Crippen MR) is 351 cm³/mol. The van der Waals surface area contributed by atoms with Gasteiger partial charge in [-0.05, 0) is 32.1 Å². The average Bonchev–Trinajstić information content (AvgIpc) is 1.80. The third-order valence-corrected chi connectivity index (χ3v) is 18.5. The van der Waals surface area contributed by atoms with Crippen LogP contribution in [0.1, 0.15) is 290 Å². The van der Waals surface area contributed by atoms with E-state index in [1.165, 1.54) is 218 Å². The minimum atomic E-state index is -1.98. The van der Waals surface area contributed by atoms with E-state index >= 15 is 0 Å². The number of allylic oxidation sites excluding steroid dienone is 3. The summed E-state index contributed by atoms with van der Waals surface area (Å²) in [5.74, 6) is -0.281. The van der Waals surface area contributed by atoms with Crippen molar-refractivity contribution in [3.63, 3.8) is 0 Å². The molecule has 0 aromatic heterocycles. The summed E-state index contributed by atoms with van der Waals surface area (Å²) in [6, 6.07) is -0.986. The molecule has 0 saturated carbocycles. The first-order valence-electron chi connectivity index (χ1n) is 36.6. The fourth-order valence-electron chi connectivity index (χ4n) is 12.6. The van der Waals surface area contributed by atoms with Gasteiger partial charge >= 0.3 is 0 Å². The van der Waals surface area contributed by atoms with E-state index in [-0.39, 0.29) is 18.9 Å². The molecule has 3 aliphatic heterocycles. The van der Waals surface area contributed by atoms with Gasteiger partial charge in [0.25, 0.3) is 0 Å². The van der Waals surface area contributed by atoms with Crippen molar-refractivity contribution in [1.29, 1.82) is 0 Å². The first-order chi connectivity index (χ1) is 43.8. The van der Waals surface area contributed by atoms with Crippen molar-refractivity contribution >= 4 is 5.91 Å². The molecule has 17 atom stereocenters. The van der Waals surface area contributed by atoms with Crippen molar-refractivity contribution in [3.05, 3.63) is 24.3 Å². The molecule has 3 rings (SSSR count). The summed E-state index contributed by atoms with van der Waals surface area (Å²) in [7, 11) is 0. The molecule has 17 unspecified atom stereocenters. The zero-order chi connectivity index (χ0) is 65.4. The monoisotopic (exact) mass is 1290 g/mol. The van der Waals surface area contributed by atoms with E-state index < -0.39 is 124 Å². The standard InChI is InChI=1S/C71H133NO18/c1-3-5-7-9-11-13-15-17-18-19-20-21-22-23-24-25-26-27-28-29-30-31-32-33-34-35-36-37-39-41-43-45-47-49-59(77)72-54(55(76)48-46-44-42-40-38-16-14-12-10-8-6-4-2)53-85-69-65(83)62(80)67(57(51-74)87-69)90-71-66(84)63(81)68(58(52-75)88-71)89-70-64(82)61(79)60(78)56(50-73)86-70/h38,40,46,48,54-58,60-71,73-76,78-84H,3-37,39,41-45,47,49-53H2,1-2H3,(H,72,77)/b40-38+,48-46+. The summed E-state index contributed by atoms with van der Waals surface area (Å²) in [5.41, 5.74) is 0. The maximum absolute atomic E-state index is 13.4. The van der Waals surface area contributed by atoms with Crippen molar-refractivity contribution in [2.75, 3.05) is 26.4 Å². The smallest absolute Gasteiger partial charge is 0.220 e. The Kier molecular flexibility index (Phi) is 49.0. The van der Waals surface area contributed by atoms with Gasteiger partial charge in [-0.1, -0.05) is 276 Å². The van der Waals surface area contributed by atoms with Gasteiger partial charge in [0.2, 0.25) is 5.91 Å². The van der Waals surface area contributed by atoms with Gasteiger partial charge in [0.1, 0.15) is 73.2 Å². The van der Waals surface area contributed by atoms with E-state index in [0.29, 0.717) is 12.8 Å². The van der Waals surface area contributed by atoms with Gasteiger partial charge in [0, 0.05) is 6.42 Å². The van der Waals surface area contributed by atoms with Crippen LogP contribution in [0, 0.1) is 0 Å². The molecule has 3 aliphatic rings. The number of aliphatic hydroxyl groups is 11. The molecule has 0 aromatic carbocycles. The maximum Gasteiger partial charge on any atom is 0.220 e. The third kappa shape index (κ3) is 34.8. The van der Waals surface area contributed by atoms with Crippen molar-refractivity contribution in [2.45, 2.75) is 394 Å². The quantitative estimate of drug-likeness (QED) is 0.0199. The van der Waals surface area contributed by atoms with Gasteiger partial charge in [-0.15, -0.1) is 0 Å². The van der Waals surface area contributed by atoms with Gasteiger partial charge in [-0.3, -0.25) is 4.79 Å². The summed E-state index contributed by atoms with van der Waals surface area (Å²) in [6.07, 6.45) is 34.9. The topological polar surface area (TPSA) is 307 Å². The van der Waals surface area contributed by atoms with Gasteiger partial charge in [-0.2, -0.15) is 0 Å². The summed E-state index contributed by atoms with van der Waals surface area (Å²) in [4.78, 5) is 13.4. The normalized spacial score (nSPS) is 28.1. The SMILES string of the molecule is CCCCCCCC/C=C/CC/C=C/C(O)C(COC1OC(CO)C(OC2OC(CO)C(OC3OC(CO)C(O)C(O)C3O)C(O)C2O)C(O)C1O)NC(=O)CCCCCCCCCCCCCCCCCCCCCCCCCCCCCCCCCCC. The molecule has 0 radical (unpaired) electrons. The number of ether oxygens (including phenoxy) is 6. The second kappa shape index (κ2) is 53.4. The molecular weight excluding hydrogens is 1150 g/mol. The lowest BCUT2D eigenvalue weighted by Crippen LogP contribution is -2.66. The molecule has 19 heteroatoms. The molecule has 0 aliphatic carbocycles. The first-order valence-corrected chi connectivity index (χ1v) is 36.6. The van der Waals surface area contributed by atoms with E-state index in [1.807, 2.05) is 6.08 Å². The van der Waals surface area contributed by atoms with Gasteiger partial charge < -0.3 is 89.9 Å². The molecular formula is C71H133NO18. The second-order valence-corrected chi connectivity index (χ2v) is 26.4. The van der Waals surface area contributed by atoms with Crippen LogP contribution < -0.4 is 5.32 Å². The molecule has 530 valence electrons. The molecule has 0 aromatic rings. The highest BCUT2D eigenvalue weighted by molar-refractivity contribution is 5.76. The Hall–Kier alpha value is -1.73. The number of carbonyl (C=O) groups excluding carboxylic acids is 1. The summed E-state index contributed by atoms with van der Waals surface area (Å²) in [6.45, 7) is 1.72. The van der Waals surface area contributed by atoms with Crippen molar-refractivity contribution in [3.8, 4) is 0 Å². The van der Waals surface area contributed by atoms with Crippen molar-refractivity contribution < 1.29 is 89.4 Å². The molecule has 90 heavy (non-hydrogen) atoms. The number of rotatable bonds is 57. The first kappa shape index (κ1) is 82.5. The fourth-order valence-corrected chi connectivity index (χ4v) is 12.6. The minimum Gasteiger partial charge on any atom is -0.394 e. The lowest BCUT2D eigenvalue weighted by molar-refractivity contribution is -0.379. The van der Waals surface area contributed by atoms with Crippen LogP contribution in [0.3, 0.4) is 0 Å². The Morgan fingerprint density at radius 3 is 1.11 bits per heavy atom. The zero-order valence-electron chi connectivity index (χ0n) is 56.1. The van der Waals surface area contributed by atoms with E-state index in [4.69, 9.17) is 28.4 Å². The number of unbranched alkanes of at least 4 members (excludes halogenated alkanes) is 39. The Morgan fingerprint density at radius 1 is 0.389 bits per heavy atom. The third-order valence-electron chi connectivity index (χ3n) is 18.5. The molecule has 0 spiro atoms. The minimum absolute atomic E-state index is 0.240. The van der Waals surface area contributed by atoms with E-state index in [1.54, 1.807) is 6.08 Å². The Morgan fingerprint density at radius 2 is 0.711 bits per heavy atom. The fraction of sp³-hybridized carbons (Fsp3) is 0.930. The summed E-state index contributed by atoms with van der Waals surface area (Å²) in [5, 5.41) is 120. The van der Waals surface area contributed by atoms with Crippen LogP contribution in [0.2, 0.25) is 0 Å². The Bertz CT molecular complexity index is 1730. The second-order valence-electron chi connectivity index (χ2n) is 26.4. The lowest BCUT2D eigenvalue weighted by Gasteiger charge is -2.48. The van der Waals surface area contributed by atoms with Crippen LogP contribution in [0.5, 0.6) is 0 Å². The Labute approximate surface area is 543 Å². The molecule has 12 N–H and O–H groups in total.